The Morgan fingerprint density at radius 1 is 1.62 bits per heavy atom. The molecule has 0 bridgehead atoms. The summed E-state index contributed by atoms with van der Waals surface area (Å²) >= 11 is 13.2. The first-order valence-corrected chi connectivity index (χ1v) is 6.43. The van der Waals surface area contributed by atoms with Crippen LogP contribution < -0.4 is 0 Å². The van der Waals surface area contributed by atoms with E-state index >= 15 is 0 Å². The van der Waals surface area contributed by atoms with E-state index in [-0.39, 0.29) is 12.6 Å². The van der Waals surface area contributed by atoms with Gasteiger partial charge in [0.1, 0.15) is 0 Å². The second kappa shape index (κ2) is 5.87. The van der Waals surface area contributed by atoms with Crippen LogP contribution in [-0.4, -0.2) is 29.1 Å². The highest BCUT2D eigenvalue weighted by Crippen LogP contribution is 2.36. The zero-order valence-corrected chi connectivity index (χ0v) is 11.4. The summed E-state index contributed by atoms with van der Waals surface area (Å²) in [5.74, 6) is -0.842. The molecule has 1 rings (SSSR count). The van der Waals surface area contributed by atoms with Gasteiger partial charge in [-0.05, 0) is 19.5 Å². The predicted octanol–water partition coefficient (Wildman–Crippen LogP) is 3.52. The van der Waals surface area contributed by atoms with Crippen molar-refractivity contribution in [3.8, 4) is 0 Å². The number of carboxylic acids is 1. The summed E-state index contributed by atoms with van der Waals surface area (Å²) in [5.41, 5.74) is 0.889. The number of thiophene rings is 1. The van der Waals surface area contributed by atoms with Gasteiger partial charge in [0.2, 0.25) is 0 Å². The molecule has 1 aromatic heterocycles. The van der Waals surface area contributed by atoms with Gasteiger partial charge in [-0.3, -0.25) is 9.69 Å². The number of hydrogen-bond acceptors (Lipinski definition) is 3. The van der Waals surface area contributed by atoms with Crippen LogP contribution in [0.5, 0.6) is 0 Å². The lowest BCUT2D eigenvalue weighted by atomic mass is 10.1. The van der Waals surface area contributed by atoms with Crippen LogP contribution in [-0.2, 0) is 4.79 Å². The molecular weight excluding hydrogens is 269 g/mol. The topological polar surface area (TPSA) is 40.5 Å². The van der Waals surface area contributed by atoms with Crippen molar-refractivity contribution in [2.45, 2.75) is 19.9 Å². The number of nitrogens with zero attached hydrogens (tertiary/aromatic N) is 1. The van der Waals surface area contributed by atoms with E-state index in [9.17, 15) is 4.79 Å². The van der Waals surface area contributed by atoms with Crippen LogP contribution in [0.15, 0.2) is 6.07 Å². The molecule has 0 aliphatic carbocycles. The molecule has 0 aliphatic heterocycles. The van der Waals surface area contributed by atoms with Crippen LogP contribution in [0.25, 0.3) is 0 Å². The fourth-order valence-corrected chi connectivity index (χ4v) is 3.16. The smallest absolute Gasteiger partial charge is 0.317 e. The van der Waals surface area contributed by atoms with Gasteiger partial charge in [-0.25, -0.2) is 0 Å². The van der Waals surface area contributed by atoms with Crippen LogP contribution >= 0.6 is 34.5 Å². The van der Waals surface area contributed by atoms with Crippen molar-refractivity contribution < 1.29 is 9.90 Å². The average Bonchev–Trinajstić information content (AvgIpc) is 2.53. The summed E-state index contributed by atoms with van der Waals surface area (Å²) in [6.07, 6.45) is 0. The largest absolute Gasteiger partial charge is 0.480 e. The van der Waals surface area contributed by atoms with E-state index in [1.807, 2.05) is 18.7 Å². The van der Waals surface area contributed by atoms with Crippen molar-refractivity contribution in [2.24, 2.45) is 0 Å². The third-order valence-electron chi connectivity index (χ3n) is 2.43. The van der Waals surface area contributed by atoms with Crippen molar-refractivity contribution in [1.82, 2.24) is 4.90 Å². The number of hydrogen-bond donors (Lipinski definition) is 1. The summed E-state index contributed by atoms with van der Waals surface area (Å²) < 4.78 is 1.25. The third kappa shape index (κ3) is 3.35. The van der Waals surface area contributed by atoms with Gasteiger partial charge in [0, 0.05) is 11.6 Å². The van der Waals surface area contributed by atoms with Crippen molar-refractivity contribution in [3.05, 3.63) is 20.3 Å². The SMILES string of the molecule is CCN(CC(=O)O)C(C)c1cc(Cl)sc1Cl. The molecular formula is C10H13Cl2NO2S. The Hall–Kier alpha value is -0.290. The molecule has 3 nitrogen and oxygen atoms in total. The van der Waals surface area contributed by atoms with Crippen LogP contribution in [0.2, 0.25) is 8.67 Å². The van der Waals surface area contributed by atoms with E-state index < -0.39 is 5.97 Å². The van der Waals surface area contributed by atoms with Gasteiger partial charge in [0.05, 0.1) is 15.2 Å². The van der Waals surface area contributed by atoms with Crippen LogP contribution in [0.3, 0.4) is 0 Å². The maximum absolute atomic E-state index is 10.7. The van der Waals surface area contributed by atoms with Crippen molar-refractivity contribution in [3.63, 3.8) is 0 Å². The molecule has 0 aliphatic rings. The number of carbonyl (C=O) groups is 1. The third-order valence-corrected chi connectivity index (χ3v) is 3.94. The van der Waals surface area contributed by atoms with Crippen molar-refractivity contribution in [2.75, 3.05) is 13.1 Å². The zero-order valence-electron chi connectivity index (χ0n) is 9.04. The lowest BCUT2D eigenvalue weighted by Crippen LogP contribution is -2.32. The first-order valence-electron chi connectivity index (χ1n) is 4.86. The average molecular weight is 282 g/mol. The number of carboxylic acid groups (broad SMARTS) is 1. The summed E-state index contributed by atoms with van der Waals surface area (Å²) in [6, 6.07) is 1.75. The summed E-state index contributed by atoms with van der Waals surface area (Å²) in [5, 5.41) is 8.79. The number of rotatable bonds is 5. The number of likely N-dealkylation sites (N-methyl/N-ethyl adjacent to an activating group) is 1. The Balaban J connectivity index is 2.86. The molecule has 0 amide bonds. The van der Waals surface area contributed by atoms with Crippen molar-refractivity contribution >= 4 is 40.5 Å². The minimum absolute atomic E-state index is 0.00145. The van der Waals surface area contributed by atoms with Gasteiger partial charge in [0.25, 0.3) is 0 Å². The van der Waals surface area contributed by atoms with Gasteiger partial charge >= 0.3 is 5.97 Å². The van der Waals surface area contributed by atoms with Gasteiger partial charge in [-0.1, -0.05) is 30.1 Å². The fourth-order valence-electron chi connectivity index (χ4n) is 1.53. The van der Waals surface area contributed by atoms with E-state index in [0.29, 0.717) is 15.2 Å². The second-order valence-electron chi connectivity index (χ2n) is 3.41. The number of halogens is 2. The molecule has 1 unspecified atom stereocenters. The second-order valence-corrected chi connectivity index (χ2v) is 5.70. The molecule has 6 heteroatoms. The lowest BCUT2D eigenvalue weighted by molar-refractivity contribution is -0.138. The lowest BCUT2D eigenvalue weighted by Gasteiger charge is -2.25. The molecule has 1 aromatic rings. The molecule has 1 N–H and O–H groups in total. The van der Waals surface area contributed by atoms with E-state index in [1.54, 1.807) is 6.07 Å². The number of aliphatic carboxylic acids is 1. The maximum Gasteiger partial charge on any atom is 0.317 e. The van der Waals surface area contributed by atoms with E-state index in [0.717, 1.165) is 5.56 Å². The molecule has 16 heavy (non-hydrogen) atoms. The maximum atomic E-state index is 10.7. The van der Waals surface area contributed by atoms with Crippen molar-refractivity contribution in [1.29, 1.82) is 0 Å². The van der Waals surface area contributed by atoms with Crippen LogP contribution in [0, 0.1) is 0 Å². The normalized spacial score (nSPS) is 13.1. The first kappa shape index (κ1) is 13.8. The van der Waals surface area contributed by atoms with E-state index in [1.165, 1.54) is 11.3 Å². The minimum atomic E-state index is -0.842. The fraction of sp³-hybridized carbons (Fsp3) is 0.500. The Bertz CT molecular complexity index is 381. The standard InChI is InChI=1S/C10H13Cl2NO2S/c1-3-13(5-9(14)15)6(2)7-4-8(11)16-10(7)12/h4,6H,3,5H2,1-2H3,(H,14,15). The zero-order chi connectivity index (χ0) is 12.3. The molecule has 1 atom stereocenters. The summed E-state index contributed by atoms with van der Waals surface area (Å²) in [4.78, 5) is 12.5. The molecule has 0 fully saturated rings. The molecule has 0 spiro atoms. The van der Waals surface area contributed by atoms with Gasteiger partial charge < -0.3 is 5.11 Å². The van der Waals surface area contributed by atoms with Crippen LogP contribution in [0.1, 0.15) is 25.5 Å². The molecule has 1 heterocycles. The molecule has 90 valence electrons. The molecule has 0 saturated heterocycles. The molecule has 0 saturated carbocycles. The van der Waals surface area contributed by atoms with Crippen LogP contribution in [0.4, 0.5) is 0 Å². The first-order chi connectivity index (χ1) is 7.45. The summed E-state index contributed by atoms with van der Waals surface area (Å²) in [7, 11) is 0. The Morgan fingerprint density at radius 3 is 2.62 bits per heavy atom. The quantitative estimate of drug-likeness (QED) is 0.898. The monoisotopic (exact) mass is 281 g/mol. The minimum Gasteiger partial charge on any atom is -0.480 e. The molecule has 0 aromatic carbocycles. The van der Waals surface area contributed by atoms with Gasteiger partial charge in [-0.15, -0.1) is 11.3 Å². The summed E-state index contributed by atoms with van der Waals surface area (Å²) in [6.45, 7) is 4.50. The highest BCUT2D eigenvalue weighted by molar-refractivity contribution is 7.20. The predicted molar refractivity (Wildman–Crippen MR) is 67.6 cm³/mol. The van der Waals surface area contributed by atoms with E-state index in [2.05, 4.69) is 0 Å². The van der Waals surface area contributed by atoms with Gasteiger partial charge in [-0.2, -0.15) is 0 Å². The highest BCUT2D eigenvalue weighted by atomic mass is 35.5. The van der Waals surface area contributed by atoms with E-state index in [4.69, 9.17) is 28.3 Å². The Labute approximate surface area is 109 Å². The Morgan fingerprint density at radius 2 is 2.25 bits per heavy atom. The highest BCUT2D eigenvalue weighted by Gasteiger charge is 2.20. The van der Waals surface area contributed by atoms with Gasteiger partial charge in [0.15, 0.2) is 0 Å². The molecule has 0 radical (unpaired) electrons. The Kier molecular flexibility index (Phi) is 5.05.